The lowest BCUT2D eigenvalue weighted by Gasteiger charge is -2.11. The Balaban J connectivity index is 2.59. The topological polar surface area (TPSA) is 96.7 Å². The van der Waals surface area contributed by atoms with E-state index in [4.69, 9.17) is 11.0 Å². The number of aromatic nitrogens is 2. The molecule has 0 saturated carbocycles. The van der Waals surface area contributed by atoms with Gasteiger partial charge in [0.25, 0.3) is 5.91 Å². The van der Waals surface area contributed by atoms with E-state index < -0.39 is 0 Å². The van der Waals surface area contributed by atoms with Crippen LogP contribution >= 0.6 is 0 Å². The number of nitriles is 1. The van der Waals surface area contributed by atoms with Crippen LogP contribution in [0.2, 0.25) is 0 Å². The zero-order valence-electron chi connectivity index (χ0n) is 9.89. The van der Waals surface area contributed by atoms with E-state index in [1.165, 1.54) is 0 Å². The minimum atomic E-state index is -0.247. The van der Waals surface area contributed by atoms with Crippen molar-refractivity contribution in [2.75, 3.05) is 6.54 Å². The summed E-state index contributed by atoms with van der Waals surface area (Å²) in [7, 11) is 0. The van der Waals surface area contributed by atoms with Crippen molar-refractivity contribution >= 4 is 5.91 Å². The Morgan fingerprint density at radius 1 is 1.76 bits per heavy atom. The summed E-state index contributed by atoms with van der Waals surface area (Å²) in [6, 6.07) is 1.93. The highest BCUT2D eigenvalue weighted by atomic mass is 16.1. The highest BCUT2D eigenvalue weighted by molar-refractivity contribution is 5.92. The van der Waals surface area contributed by atoms with Gasteiger partial charge in [-0.2, -0.15) is 5.26 Å². The Morgan fingerprint density at radius 2 is 2.53 bits per heavy atom. The maximum Gasteiger partial charge on any atom is 0.271 e. The molecule has 1 rings (SSSR count). The van der Waals surface area contributed by atoms with Gasteiger partial charge in [0.15, 0.2) is 0 Å². The molecular formula is C11H17N5O. The lowest BCUT2D eigenvalue weighted by Crippen LogP contribution is -2.34. The summed E-state index contributed by atoms with van der Waals surface area (Å²) in [5.41, 5.74) is 5.76. The third-order valence-corrected chi connectivity index (χ3v) is 2.42. The first-order valence-electron chi connectivity index (χ1n) is 5.60. The Hall–Kier alpha value is -1.87. The van der Waals surface area contributed by atoms with Crippen LogP contribution in [0.15, 0.2) is 12.5 Å². The number of carbonyl (C=O) groups is 1. The predicted octanol–water partition coefficient (Wildman–Crippen LogP) is 0.264. The van der Waals surface area contributed by atoms with Crippen molar-refractivity contribution < 1.29 is 4.79 Å². The van der Waals surface area contributed by atoms with E-state index in [0.717, 1.165) is 6.42 Å². The lowest BCUT2D eigenvalue weighted by atomic mass is 10.1. The molecule has 6 nitrogen and oxygen atoms in total. The van der Waals surface area contributed by atoms with Crippen molar-refractivity contribution in [1.82, 2.24) is 14.9 Å². The Labute approximate surface area is 100 Å². The van der Waals surface area contributed by atoms with Gasteiger partial charge in [0.05, 0.1) is 18.8 Å². The summed E-state index contributed by atoms with van der Waals surface area (Å²) in [6.45, 7) is 3.06. The third-order valence-electron chi connectivity index (χ3n) is 2.42. The summed E-state index contributed by atoms with van der Waals surface area (Å²) >= 11 is 0. The molecule has 1 unspecified atom stereocenters. The molecule has 0 saturated heterocycles. The molecule has 3 N–H and O–H groups in total. The minimum absolute atomic E-state index is 0.118. The molecule has 0 aliphatic carbocycles. The summed E-state index contributed by atoms with van der Waals surface area (Å²) in [4.78, 5) is 15.8. The third kappa shape index (κ3) is 3.89. The van der Waals surface area contributed by atoms with Crippen LogP contribution in [0, 0.1) is 11.3 Å². The quantitative estimate of drug-likeness (QED) is 0.739. The van der Waals surface area contributed by atoms with Crippen molar-refractivity contribution in [3.8, 4) is 6.07 Å². The number of amides is 1. The fourth-order valence-corrected chi connectivity index (χ4v) is 1.42. The molecule has 92 valence electrons. The van der Waals surface area contributed by atoms with Crippen molar-refractivity contribution in [2.24, 2.45) is 5.73 Å². The number of nitrogens with zero attached hydrogens (tertiary/aromatic N) is 3. The van der Waals surface area contributed by atoms with Crippen LogP contribution in [0.4, 0.5) is 0 Å². The summed E-state index contributed by atoms with van der Waals surface area (Å²) < 4.78 is 1.76. The first-order valence-corrected chi connectivity index (χ1v) is 5.60. The van der Waals surface area contributed by atoms with E-state index in [9.17, 15) is 4.79 Å². The molecule has 0 spiro atoms. The fraction of sp³-hybridized carbons (Fsp3) is 0.545. The number of nitrogens with one attached hydrogen (secondary N) is 1. The normalized spacial score (nSPS) is 11.8. The van der Waals surface area contributed by atoms with Gasteiger partial charge in [-0.3, -0.25) is 4.79 Å². The van der Waals surface area contributed by atoms with Gasteiger partial charge in [-0.1, -0.05) is 6.92 Å². The van der Waals surface area contributed by atoms with Crippen LogP contribution in [0.3, 0.4) is 0 Å². The van der Waals surface area contributed by atoms with E-state index in [1.807, 2.05) is 13.0 Å². The molecule has 1 atom stereocenters. The molecule has 0 bridgehead atoms. The van der Waals surface area contributed by atoms with Gasteiger partial charge >= 0.3 is 0 Å². The van der Waals surface area contributed by atoms with Crippen LogP contribution in [0.1, 0.15) is 30.3 Å². The summed E-state index contributed by atoms with van der Waals surface area (Å²) in [5, 5.41) is 11.4. The van der Waals surface area contributed by atoms with Crippen molar-refractivity contribution in [3.05, 3.63) is 18.2 Å². The molecule has 1 heterocycles. The average molecular weight is 235 g/mol. The SMILES string of the molecule is CCC(CC#N)NC(=O)c1cn(CCN)cn1. The molecule has 1 amide bonds. The minimum Gasteiger partial charge on any atom is -0.347 e. The van der Waals surface area contributed by atoms with Crippen molar-refractivity contribution in [2.45, 2.75) is 32.4 Å². The number of hydrogen-bond donors (Lipinski definition) is 2. The molecule has 0 aromatic carbocycles. The molecule has 1 aromatic heterocycles. The monoisotopic (exact) mass is 235 g/mol. The number of imidazole rings is 1. The van der Waals surface area contributed by atoms with E-state index in [2.05, 4.69) is 10.3 Å². The second kappa shape index (κ2) is 6.66. The van der Waals surface area contributed by atoms with Crippen molar-refractivity contribution in [1.29, 1.82) is 5.26 Å². The van der Waals surface area contributed by atoms with E-state index in [-0.39, 0.29) is 11.9 Å². The molecule has 0 fully saturated rings. The number of carbonyl (C=O) groups excluding carboxylic acids is 1. The Kier molecular flexibility index (Phi) is 5.17. The van der Waals surface area contributed by atoms with Crippen LogP contribution < -0.4 is 11.1 Å². The predicted molar refractivity (Wildman–Crippen MR) is 63.1 cm³/mol. The number of hydrogen-bond acceptors (Lipinski definition) is 4. The van der Waals surface area contributed by atoms with Gasteiger partial charge in [0.2, 0.25) is 0 Å². The number of rotatable bonds is 6. The van der Waals surface area contributed by atoms with Crippen LogP contribution in [0.25, 0.3) is 0 Å². The van der Waals surface area contributed by atoms with Crippen LogP contribution in [-0.4, -0.2) is 28.0 Å². The molecule has 6 heteroatoms. The Morgan fingerprint density at radius 3 is 3.12 bits per heavy atom. The highest BCUT2D eigenvalue weighted by Crippen LogP contribution is 2.00. The maximum absolute atomic E-state index is 11.8. The summed E-state index contributed by atoms with van der Waals surface area (Å²) in [6.07, 6.45) is 4.27. The van der Waals surface area contributed by atoms with E-state index >= 15 is 0 Å². The zero-order chi connectivity index (χ0) is 12.7. The first kappa shape index (κ1) is 13.2. The second-order valence-corrected chi connectivity index (χ2v) is 3.73. The fourth-order valence-electron chi connectivity index (χ4n) is 1.42. The molecule has 17 heavy (non-hydrogen) atoms. The van der Waals surface area contributed by atoms with E-state index in [0.29, 0.717) is 25.2 Å². The van der Waals surface area contributed by atoms with Gasteiger partial charge in [0, 0.05) is 25.3 Å². The van der Waals surface area contributed by atoms with E-state index in [1.54, 1.807) is 17.1 Å². The molecule has 0 aliphatic heterocycles. The lowest BCUT2D eigenvalue weighted by molar-refractivity contribution is 0.0932. The molecule has 0 radical (unpaired) electrons. The average Bonchev–Trinajstić information content (AvgIpc) is 2.77. The highest BCUT2D eigenvalue weighted by Gasteiger charge is 2.13. The number of nitrogens with two attached hydrogens (primary N) is 1. The molecule has 0 aliphatic rings. The zero-order valence-corrected chi connectivity index (χ0v) is 9.89. The van der Waals surface area contributed by atoms with Crippen LogP contribution in [0.5, 0.6) is 0 Å². The van der Waals surface area contributed by atoms with Crippen molar-refractivity contribution in [3.63, 3.8) is 0 Å². The van der Waals surface area contributed by atoms with Gasteiger partial charge in [0.1, 0.15) is 5.69 Å². The van der Waals surface area contributed by atoms with Gasteiger partial charge in [-0.05, 0) is 6.42 Å². The second-order valence-electron chi connectivity index (χ2n) is 3.73. The first-order chi connectivity index (χ1) is 8.21. The molecule has 1 aromatic rings. The van der Waals surface area contributed by atoms with Gasteiger partial charge in [-0.25, -0.2) is 4.98 Å². The standard InChI is InChI=1S/C11H17N5O/c1-2-9(3-4-12)15-11(17)10-7-16(6-5-13)8-14-10/h7-9H,2-3,5-6,13H2,1H3,(H,15,17). The van der Waals surface area contributed by atoms with Gasteiger partial charge < -0.3 is 15.6 Å². The molecular weight excluding hydrogens is 218 g/mol. The maximum atomic E-state index is 11.8. The largest absolute Gasteiger partial charge is 0.347 e. The summed E-state index contributed by atoms with van der Waals surface area (Å²) in [5.74, 6) is -0.247. The van der Waals surface area contributed by atoms with Gasteiger partial charge in [-0.15, -0.1) is 0 Å². The van der Waals surface area contributed by atoms with Crippen LogP contribution in [-0.2, 0) is 6.54 Å². The smallest absolute Gasteiger partial charge is 0.271 e. The Bertz CT molecular complexity index is 406.